The molecule has 0 bridgehead atoms. The maximum Gasteiger partial charge on any atom is 0.0782 e. The van der Waals surface area contributed by atoms with Crippen molar-refractivity contribution in [1.82, 2.24) is 4.98 Å². The van der Waals surface area contributed by atoms with Crippen molar-refractivity contribution in [2.24, 2.45) is 0 Å². The number of nitrogens with two attached hydrogens (primary N) is 1. The highest BCUT2D eigenvalue weighted by atomic mass is 79.9. The largest absolute Gasteiger partial charge is 0.396 e. The lowest BCUT2D eigenvalue weighted by Crippen LogP contribution is -2.17. The van der Waals surface area contributed by atoms with Crippen molar-refractivity contribution < 1.29 is 0 Å². The van der Waals surface area contributed by atoms with Crippen LogP contribution in [-0.4, -0.2) is 4.98 Å². The van der Waals surface area contributed by atoms with Crippen molar-refractivity contribution in [2.75, 3.05) is 10.6 Å². The predicted octanol–water partition coefficient (Wildman–Crippen LogP) is 2.95. The van der Waals surface area contributed by atoms with E-state index in [1.165, 1.54) is 11.1 Å². The molecule has 0 radical (unpaired) electrons. The van der Waals surface area contributed by atoms with E-state index in [0.717, 1.165) is 23.2 Å². The van der Waals surface area contributed by atoms with Crippen molar-refractivity contribution in [1.29, 1.82) is 0 Å². The number of halogens is 1. The molecular weight excluding hydrogens is 278 g/mol. The molecule has 0 saturated heterocycles. The normalized spacial score (nSPS) is 13.8. The second-order valence-corrected chi connectivity index (χ2v) is 5.04. The smallest absolute Gasteiger partial charge is 0.0782 e. The van der Waals surface area contributed by atoms with Crippen LogP contribution < -0.4 is 10.6 Å². The molecule has 2 aromatic rings. The Morgan fingerprint density at radius 1 is 1.12 bits per heavy atom. The van der Waals surface area contributed by atoms with Crippen LogP contribution in [0.4, 0.5) is 11.4 Å². The number of pyridine rings is 1. The summed E-state index contributed by atoms with van der Waals surface area (Å²) in [5.41, 5.74) is 10.5. The number of anilines is 2. The number of hydrogen-bond donors (Lipinski definition) is 1. The predicted molar refractivity (Wildman–Crippen MR) is 72.7 cm³/mol. The van der Waals surface area contributed by atoms with Crippen molar-refractivity contribution in [3.8, 4) is 0 Å². The Hall–Kier alpha value is -1.55. The van der Waals surface area contributed by atoms with Crippen LogP contribution >= 0.6 is 15.9 Å². The van der Waals surface area contributed by atoms with Gasteiger partial charge in [0.25, 0.3) is 0 Å². The molecule has 3 rings (SSSR count). The van der Waals surface area contributed by atoms with Crippen molar-refractivity contribution in [3.05, 3.63) is 52.3 Å². The number of nitrogen functional groups attached to an aromatic ring is 1. The van der Waals surface area contributed by atoms with Gasteiger partial charge in [0.2, 0.25) is 0 Å². The standard InChI is InChI=1S/C13H12BrN3/c14-11-5-16-6-12(15)13(11)17-7-9-3-1-2-4-10(9)8-17/h1-6H,7-8,15H2. The third-order valence-electron chi connectivity index (χ3n) is 3.06. The average Bonchev–Trinajstić information content (AvgIpc) is 2.71. The summed E-state index contributed by atoms with van der Waals surface area (Å²) < 4.78 is 0.949. The second-order valence-electron chi connectivity index (χ2n) is 4.18. The van der Waals surface area contributed by atoms with Crippen LogP contribution in [0.25, 0.3) is 0 Å². The molecule has 1 aromatic heterocycles. The van der Waals surface area contributed by atoms with E-state index in [-0.39, 0.29) is 0 Å². The van der Waals surface area contributed by atoms with Gasteiger partial charge in [-0.05, 0) is 27.1 Å². The lowest BCUT2D eigenvalue weighted by Gasteiger charge is -2.20. The minimum absolute atomic E-state index is 0.715. The Morgan fingerprint density at radius 3 is 2.35 bits per heavy atom. The molecule has 0 spiro atoms. The van der Waals surface area contributed by atoms with E-state index in [1.807, 2.05) is 0 Å². The molecule has 0 unspecified atom stereocenters. The molecule has 2 heterocycles. The van der Waals surface area contributed by atoms with Gasteiger partial charge in [-0.3, -0.25) is 4.98 Å². The SMILES string of the molecule is Nc1cncc(Br)c1N1Cc2ccccc2C1. The van der Waals surface area contributed by atoms with Gasteiger partial charge >= 0.3 is 0 Å². The summed E-state index contributed by atoms with van der Waals surface area (Å²) in [5.74, 6) is 0. The van der Waals surface area contributed by atoms with Crippen molar-refractivity contribution in [3.63, 3.8) is 0 Å². The van der Waals surface area contributed by atoms with Crippen LogP contribution in [0.1, 0.15) is 11.1 Å². The molecule has 4 heteroatoms. The Labute approximate surface area is 108 Å². The van der Waals surface area contributed by atoms with E-state index < -0.39 is 0 Å². The molecule has 1 aliphatic heterocycles. The topological polar surface area (TPSA) is 42.1 Å². The molecule has 0 atom stereocenters. The van der Waals surface area contributed by atoms with Crippen LogP contribution in [-0.2, 0) is 13.1 Å². The van der Waals surface area contributed by atoms with Gasteiger partial charge in [-0.1, -0.05) is 24.3 Å². The Morgan fingerprint density at radius 2 is 1.76 bits per heavy atom. The summed E-state index contributed by atoms with van der Waals surface area (Å²) in [7, 11) is 0. The zero-order valence-electron chi connectivity index (χ0n) is 9.23. The van der Waals surface area contributed by atoms with Gasteiger partial charge in [-0.15, -0.1) is 0 Å². The minimum atomic E-state index is 0.715. The zero-order valence-corrected chi connectivity index (χ0v) is 10.8. The Kier molecular flexibility index (Phi) is 2.52. The van der Waals surface area contributed by atoms with Crippen LogP contribution in [0.5, 0.6) is 0 Å². The summed E-state index contributed by atoms with van der Waals surface area (Å²) in [6, 6.07) is 8.49. The Balaban J connectivity index is 1.99. The monoisotopic (exact) mass is 289 g/mol. The molecule has 17 heavy (non-hydrogen) atoms. The average molecular weight is 290 g/mol. The minimum Gasteiger partial charge on any atom is -0.396 e. The summed E-state index contributed by atoms with van der Waals surface area (Å²) in [4.78, 5) is 6.34. The maximum atomic E-state index is 6.00. The molecule has 3 nitrogen and oxygen atoms in total. The van der Waals surface area contributed by atoms with Gasteiger partial charge in [0.05, 0.1) is 22.0 Å². The van der Waals surface area contributed by atoms with Gasteiger partial charge in [0.1, 0.15) is 0 Å². The number of nitrogens with zero attached hydrogens (tertiary/aromatic N) is 2. The van der Waals surface area contributed by atoms with Crippen LogP contribution in [0.2, 0.25) is 0 Å². The summed E-state index contributed by atoms with van der Waals surface area (Å²) >= 11 is 3.52. The van der Waals surface area contributed by atoms with E-state index in [4.69, 9.17) is 5.73 Å². The molecule has 1 aliphatic rings. The fourth-order valence-electron chi connectivity index (χ4n) is 2.27. The van der Waals surface area contributed by atoms with Crippen LogP contribution in [0.15, 0.2) is 41.1 Å². The fourth-order valence-corrected chi connectivity index (χ4v) is 2.87. The fraction of sp³-hybridized carbons (Fsp3) is 0.154. The lowest BCUT2D eigenvalue weighted by molar-refractivity contribution is 0.877. The first kappa shape index (κ1) is 10.6. The number of benzene rings is 1. The van der Waals surface area contributed by atoms with E-state index >= 15 is 0 Å². The molecular formula is C13H12BrN3. The number of fused-ring (bicyclic) bond motifs is 1. The van der Waals surface area contributed by atoms with Gasteiger partial charge < -0.3 is 10.6 Å². The number of hydrogen-bond acceptors (Lipinski definition) is 3. The van der Waals surface area contributed by atoms with Gasteiger partial charge in [0, 0.05) is 19.3 Å². The first-order chi connectivity index (χ1) is 8.25. The third kappa shape index (κ3) is 1.78. The van der Waals surface area contributed by atoms with Gasteiger partial charge in [0.15, 0.2) is 0 Å². The Bertz CT molecular complexity index is 523. The molecule has 0 fully saturated rings. The highest BCUT2D eigenvalue weighted by Crippen LogP contribution is 2.36. The molecule has 2 N–H and O–H groups in total. The third-order valence-corrected chi connectivity index (χ3v) is 3.64. The molecule has 0 aliphatic carbocycles. The number of aromatic nitrogens is 1. The summed E-state index contributed by atoms with van der Waals surface area (Å²) in [6.07, 6.45) is 3.48. The van der Waals surface area contributed by atoms with E-state index in [2.05, 4.69) is 50.1 Å². The van der Waals surface area contributed by atoms with Gasteiger partial charge in [-0.2, -0.15) is 0 Å². The molecule has 0 saturated carbocycles. The second kappa shape index (κ2) is 4.04. The lowest BCUT2D eigenvalue weighted by atomic mass is 10.1. The van der Waals surface area contributed by atoms with Crippen molar-refractivity contribution >= 4 is 27.3 Å². The molecule has 86 valence electrons. The maximum absolute atomic E-state index is 6.00. The highest BCUT2D eigenvalue weighted by molar-refractivity contribution is 9.10. The first-order valence-corrected chi connectivity index (χ1v) is 6.25. The van der Waals surface area contributed by atoms with Crippen LogP contribution in [0, 0.1) is 0 Å². The highest BCUT2D eigenvalue weighted by Gasteiger charge is 2.21. The van der Waals surface area contributed by atoms with Gasteiger partial charge in [-0.25, -0.2) is 0 Å². The first-order valence-electron chi connectivity index (χ1n) is 5.46. The van der Waals surface area contributed by atoms with E-state index in [1.54, 1.807) is 12.4 Å². The number of rotatable bonds is 1. The summed E-state index contributed by atoms with van der Waals surface area (Å²) in [6.45, 7) is 1.81. The van der Waals surface area contributed by atoms with Crippen LogP contribution in [0.3, 0.4) is 0 Å². The summed E-state index contributed by atoms with van der Waals surface area (Å²) in [5, 5.41) is 0. The zero-order chi connectivity index (χ0) is 11.8. The van der Waals surface area contributed by atoms with E-state index in [0.29, 0.717) is 5.69 Å². The van der Waals surface area contributed by atoms with E-state index in [9.17, 15) is 0 Å². The molecule has 0 amide bonds. The quantitative estimate of drug-likeness (QED) is 0.878. The molecule has 1 aromatic carbocycles. The van der Waals surface area contributed by atoms with Crippen molar-refractivity contribution in [2.45, 2.75) is 13.1 Å².